The van der Waals surface area contributed by atoms with Crippen molar-refractivity contribution in [1.82, 2.24) is 4.98 Å². The number of ether oxygens (including phenoxy) is 2. The van der Waals surface area contributed by atoms with E-state index in [0.717, 1.165) is 12.8 Å². The number of carbonyl (C=O) groups excluding carboxylic acids is 2. The van der Waals surface area contributed by atoms with Crippen molar-refractivity contribution in [3.05, 3.63) is 51.8 Å². The molecule has 0 aliphatic heterocycles. The summed E-state index contributed by atoms with van der Waals surface area (Å²) >= 11 is 0. The average molecular weight is 327 g/mol. The van der Waals surface area contributed by atoms with E-state index in [1.807, 2.05) is 12.1 Å². The Morgan fingerprint density at radius 3 is 2.67 bits per heavy atom. The van der Waals surface area contributed by atoms with Gasteiger partial charge < -0.3 is 14.5 Å². The molecule has 2 aromatic rings. The number of Topliss-reactive ketones (excluding diaryl/α,β-unsaturated/α-hetero) is 1. The Morgan fingerprint density at radius 1 is 1.17 bits per heavy atom. The summed E-state index contributed by atoms with van der Waals surface area (Å²) in [5.41, 5.74) is 4.71. The van der Waals surface area contributed by atoms with Crippen LogP contribution in [-0.4, -0.2) is 30.5 Å². The Kier molecular flexibility index (Phi) is 4.42. The second-order valence-corrected chi connectivity index (χ2v) is 6.11. The Bertz CT molecular complexity index is 804. The minimum absolute atomic E-state index is 0.0693. The van der Waals surface area contributed by atoms with Gasteiger partial charge in [-0.1, -0.05) is 6.07 Å². The largest absolute Gasteiger partial charge is 0.485 e. The number of nitrogens with one attached hydrogen (secondary N) is 1. The number of esters is 1. The smallest absolute Gasteiger partial charge is 0.339 e. The van der Waals surface area contributed by atoms with E-state index in [0.29, 0.717) is 28.3 Å². The number of H-pyrrole nitrogens is 1. The Morgan fingerprint density at radius 2 is 1.92 bits per heavy atom. The summed E-state index contributed by atoms with van der Waals surface area (Å²) in [7, 11) is 1.33. The number of benzene rings is 1. The molecule has 3 rings (SSSR count). The SMILES string of the molecule is COC(=O)c1c(C)[nH]c(C(=O)COc2ccc3c(c2)CCC3)c1C. The van der Waals surface area contributed by atoms with Crippen LogP contribution >= 0.6 is 0 Å². The normalized spacial score (nSPS) is 12.8. The van der Waals surface area contributed by atoms with E-state index in [2.05, 4.69) is 11.1 Å². The molecule has 0 radical (unpaired) electrons. The highest BCUT2D eigenvalue weighted by atomic mass is 16.5. The molecule has 1 aliphatic rings. The second-order valence-electron chi connectivity index (χ2n) is 6.11. The van der Waals surface area contributed by atoms with Gasteiger partial charge in [0.2, 0.25) is 5.78 Å². The fraction of sp³-hybridized carbons (Fsp3) is 0.368. The van der Waals surface area contributed by atoms with Crippen LogP contribution in [0, 0.1) is 13.8 Å². The van der Waals surface area contributed by atoms with Gasteiger partial charge in [0.1, 0.15) is 5.75 Å². The lowest BCUT2D eigenvalue weighted by atomic mass is 10.1. The summed E-state index contributed by atoms with van der Waals surface area (Å²) in [6, 6.07) is 5.99. The van der Waals surface area contributed by atoms with Crippen LogP contribution in [0.5, 0.6) is 5.75 Å². The van der Waals surface area contributed by atoms with E-state index >= 15 is 0 Å². The molecule has 0 fully saturated rings. The quantitative estimate of drug-likeness (QED) is 0.676. The lowest BCUT2D eigenvalue weighted by molar-refractivity contribution is 0.0599. The molecule has 126 valence electrons. The summed E-state index contributed by atoms with van der Waals surface area (Å²) in [6.07, 6.45) is 3.36. The van der Waals surface area contributed by atoms with Crippen LogP contribution in [0.4, 0.5) is 0 Å². The fourth-order valence-corrected chi connectivity index (χ4v) is 3.30. The van der Waals surface area contributed by atoms with Crippen molar-refractivity contribution >= 4 is 11.8 Å². The molecule has 5 heteroatoms. The fourth-order valence-electron chi connectivity index (χ4n) is 3.30. The zero-order chi connectivity index (χ0) is 17.3. The highest BCUT2D eigenvalue weighted by Gasteiger charge is 2.22. The molecule has 24 heavy (non-hydrogen) atoms. The van der Waals surface area contributed by atoms with Crippen LogP contribution in [0.15, 0.2) is 18.2 Å². The summed E-state index contributed by atoms with van der Waals surface area (Å²) in [6.45, 7) is 3.41. The molecule has 0 saturated heterocycles. The summed E-state index contributed by atoms with van der Waals surface area (Å²) in [5, 5.41) is 0. The van der Waals surface area contributed by atoms with Crippen molar-refractivity contribution in [2.45, 2.75) is 33.1 Å². The van der Waals surface area contributed by atoms with E-state index in [1.54, 1.807) is 13.8 Å². The van der Waals surface area contributed by atoms with Crippen LogP contribution in [0.3, 0.4) is 0 Å². The van der Waals surface area contributed by atoms with Gasteiger partial charge in [-0.25, -0.2) is 4.79 Å². The number of methoxy groups -OCH3 is 1. The second kappa shape index (κ2) is 6.51. The van der Waals surface area contributed by atoms with Crippen molar-refractivity contribution in [1.29, 1.82) is 0 Å². The number of rotatable bonds is 5. The standard InChI is InChI=1S/C19H21NO4/c1-11-17(19(22)23-3)12(2)20-18(11)16(21)10-24-15-8-7-13-5-4-6-14(13)9-15/h7-9,20H,4-6,10H2,1-3H3. The first kappa shape index (κ1) is 16.3. The Labute approximate surface area is 141 Å². The minimum atomic E-state index is -0.445. The first-order valence-corrected chi connectivity index (χ1v) is 8.06. The van der Waals surface area contributed by atoms with E-state index in [9.17, 15) is 9.59 Å². The molecule has 0 saturated carbocycles. The number of ketones is 1. The molecule has 0 amide bonds. The summed E-state index contributed by atoms with van der Waals surface area (Å²) in [4.78, 5) is 27.2. The summed E-state index contributed by atoms with van der Waals surface area (Å²) in [5.74, 6) is 0.0733. The van der Waals surface area contributed by atoms with Crippen LogP contribution in [0.25, 0.3) is 0 Å². The maximum absolute atomic E-state index is 12.4. The highest BCUT2D eigenvalue weighted by molar-refractivity contribution is 6.02. The van der Waals surface area contributed by atoms with Crippen molar-refractivity contribution < 1.29 is 19.1 Å². The lowest BCUT2D eigenvalue weighted by Gasteiger charge is -2.07. The average Bonchev–Trinajstić information content (AvgIpc) is 3.15. The molecule has 5 nitrogen and oxygen atoms in total. The predicted octanol–water partition coefficient (Wildman–Crippen LogP) is 3.17. The maximum Gasteiger partial charge on any atom is 0.339 e. The topological polar surface area (TPSA) is 68.4 Å². The molecule has 1 N–H and O–H groups in total. The minimum Gasteiger partial charge on any atom is -0.485 e. The Hall–Kier alpha value is -2.56. The van der Waals surface area contributed by atoms with Gasteiger partial charge in [0.25, 0.3) is 0 Å². The van der Waals surface area contributed by atoms with E-state index in [4.69, 9.17) is 9.47 Å². The van der Waals surface area contributed by atoms with E-state index in [1.165, 1.54) is 24.7 Å². The number of hydrogen-bond acceptors (Lipinski definition) is 4. The van der Waals surface area contributed by atoms with Gasteiger partial charge in [0.15, 0.2) is 6.61 Å². The number of aromatic amines is 1. The van der Waals surface area contributed by atoms with Crippen molar-refractivity contribution in [2.24, 2.45) is 0 Å². The van der Waals surface area contributed by atoms with Gasteiger partial charge in [0.05, 0.1) is 18.4 Å². The Balaban J connectivity index is 1.73. The number of fused-ring (bicyclic) bond motifs is 1. The third-order valence-corrected chi connectivity index (χ3v) is 4.55. The van der Waals surface area contributed by atoms with Crippen molar-refractivity contribution in [3.8, 4) is 5.75 Å². The highest BCUT2D eigenvalue weighted by Crippen LogP contribution is 2.26. The molecule has 1 aromatic carbocycles. The number of aromatic nitrogens is 1. The van der Waals surface area contributed by atoms with Crippen LogP contribution in [0.2, 0.25) is 0 Å². The van der Waals surface area contributed by atoms with Crippen LogP contribution < -0.4 is 4.74 Å². The van der Waals surface area contributed by atoms with Gasteiger partial charge in [-0.05, 0) is 61.9 Å². The van der Waals surface area contributed by atoms with E-state index in [-0.39, 0.29) is 12.4 Å². The zero-order valence-corrected chi connectivity index (χ0v) is 14.2. The van der Waals surface area contributed by atoms with Crippen molar-refractivity contribution in [2.75, 3.05) is 13.7 Å². The monoisotopic (exact) mass is 327 g/mol. The van der Waals surface area contributed by atoms with Gasteiger partial charge >= 0.3 is 5.97 Å². The van der Waals surface area contributed by atoms with Crippen molar-refractivity contribution in [3.63, 3.8) is 0 Å². The van der Waals surface area contributed by atoms with Crippen LogP contribution in [-0.2, 0) is 17.6 Å². The van der Waals surface area contributed by atoms with E-state index < -0.39 is 5.97 Å². The predicted molar refractivity (Wildman–Crippen MR) is 89.9 cm³/mol. The maximum atomic E-state index is 12.4. The molecule has 1 heterocycles. The molecule has 0 unspecified atom stereocenters. The number of carbonyl (C=O) groups is 2. The molecule has 0 spiro atoms. The third kappa shape index (κ3) is 2.94. The van der Waals surface area contributed by atoms with Crippen LogP contribution in [0.1, 0.15) is 49.7 Å². The first-order valence-electron chi connectivity index (χ1n) is 8.06. The zero-order valence-electron chi connectivity index (χ0n) is 14.2. The van der Waals surface area contributed by atoms with Gasteiger partial charge in [-0.15, -0.1) is 0 Å². The summed E-state index contributed by atoms with van der Waals surface area (Å²) < 4.78 is 10.4. The van der Waals surface area contributed by atoms with Gasteiger partial charge in [0, 0.05) is 5.69 Å². The van der Waals surface area contributed by atoms with Gasteiger partial charge in [-0.2, -0.15) is 0 Å². The molecular weight excluding hydrogens is 306 g/mol. The molecule has 1 aromatic heterocycles. The molecule has 1 aliphatic carbocycles. The molecule has 0 bridgehead atoms. The third-order valence-electron chi connectivity index (χ3n) is 4.55. The first-order chi connectivity index (χ1) is 11.5. The van der Waals surface area contributed by atoms with Gasteiger partial charge in [-0.3, -0.25) is 4.79 Å². The molecular formula is C19H21NO4. The number of hydrogen-bond donors (Lipinski definition) is 1. The lowest BCUT2D eigenvalue weighted by Crippen LogP contribution is -2.13. The molecule has 0 atom stereocenters. The number of aryl methyl sites for hydroxylation is 3.